The number of nitrogens with one attached hydrogen (secondary N) is 1. The van der Waals surface area contributed by atoms with Gasteiger partial charge >= 0.3 is 0 Å². The molecule has 0 unspecified atom stereocenters. The van der Waals surface area contributed by atoms with Crippen molar-refractivity contribution < 1.29 is 4.74 Å². The molecule has 0 saturated carbocycles. The second-order valence-electron chi connectivity index (χ2n) is 5.82. The molecule has 1 aromatic rings. The first-order valence-corrected chi connectivity index (χ1v) is 6.79. The summed E-state index contributed by atoms with van der Waals surface area (Å²) in [5, 5.41) is 3.38. The van der Waals surface area contributed by atoms with Gasteiger partial charge in [0.05, 0.1) is 6.61 Å². The standard InChI is InChI=1S/C15H26N2O/c1-5-8-16-11-13-12-17-9-6-14(13)18-10-7-15(2,3)4/h6,9,12,16H,5,7-8,10-11H2,1-4H3. The summed E-state index contributed by atoms with van der Waals surface area (Å²) in [4.78, 5) is 4.16. The molecule has 1 N–H and O–H groups in total. The van der Waals surface area contributed by atoms with Crippen molar-refractivity contribution in [3.05, 3.63) is 24.0 Å². The first-order valence-electron chi connectivity index (χ1n) is 6.79. The second kappa shape index (κ2) is 7.37. The highest BCUT2D eigenvalue weighted by atomic mass is 16.5. The molecule has 1 aromatic heterocycles. The smallest absolute Gasteiger partial charge is 0.126 e. The largest absolute Gasteiger partial charge is 0.493 e. The van der Waals surface area contributed by atoms with E-state index in [0.29, 0.717) is 5.41 Å². The second-order valence-corrected chi connectivity index (χ2v) is 5.82. The van der Waals surface area contributed by atoms with Crippen LogP contribution >= 0.6 is 0 Å². The first-order chi connectivity index (χ1) is 8.53. The average Bonchev–Trinajstić information content (AvgIpc) is 2.30. The quantitative estimate of drug-likeness (QED) is 0.753. The molecule has 1 rings (SSSR count). The summed E-state index contributed by atoms with van der Waals surface area (Å²) < 4.78 is 5.86. The normalized spacial score (nSPS) is 11.6. The van der Waals surface area contributed by atoms with Crippen molar-refractivity contribution in [2.45, 2.75) is 47.1 Å². The molecular formula is C15H26N2O. The maximum Gasteiger partial charge on any atom is 0.126 e. The van der Waals surface area contributed by atoms with Gasteiger partial charge in [0, 0.05) is 24.5 Å². The number of hydrogen-bond donors (Lipinski definition) is 1. The number of hydrogen-bond acceptors (Lipinski definition) is 3. The van der Waals surface area contributed by atoms with E-state index in [1.165, 1.54) is 0 Å². The molecule has 0 bridgehead atoms. The molecule has 0 spiro atoms. The maximum absolute atomic E-state index is 5.86. The summed E-state index contributed by atoms with van der Waals surface area (Å²) in [7, 11) is 0. The minimum Gasteiger partial charge on any atom is -0.493 e. The summed E-state index contributed by atoms with van der Waals surface area (Å²) in [6.07, 6.45) is 5.86. The molecule has 1 heterocycles. The van der Waals surface area contributed by atoms with Gasteiger partial charge in [0.25, 0.3) is 0 Å². The van der Waals surface area contributed by atoms with E-state index in [0.717, 1.165) is 43.9 Å². The molecule has 0 fully saturated rings. The zero-order valence-corrected chi connectivity index (χ0v) is 12.1. The Kier molecular flexibility index (Phi) is 6.13. The van der Waals surface area contributed by atoms with Gasteiger partial charge < -0.3 is 10.1 Å². The SMILES string of the molecule is CCCNCc1cnccc1OCCC(C)(C)C. The predicted octanol–water partition coefficient (Wildman–Crippen LogP) is 3.40. The summed E-state index contributed by atoms with van der Waals surface area (Å²) in [5.74, 6) is 0.956. The van der Waals surface area contributed by atoms with E-state index in [-0.39, 0.29) is 0 Å². The van der Waals surface area contributed by atoms with Crippen LogP contribution in [0.15, 0.2) is 18.5 Å². The third kappa shape index (κ3) is 6.01. The lowest BCUT2D eigenvalue weighted by Gasteiger charge is -2.19. The van der Waals surface area contributed by atoms with E-state index < -0.39 is 0 Å². The Balaban J connectivity index is 2.48. The van der Waals surface area contributed by atoms with Crippen molar-refractivity contribution >= 4 is 0 Å². The number of rotatable bonds is 7. The van der Waals surface area contributed by atoms with Gasteiger partial charge in [0.1, 0.15) is 5.75 Å². The lowest BCUT2D eigenvalue weighted by Crippen LogP contribution is -2.16. The van der Waals surface area contributed by atoms with Crippen molar-refractivity contribution in [1.82, 2.24) is 10.3 Å². The maximum atomic E-state index is 5.86. The number of pyridine rings is 1. The van der Waals surface area contributed by atoms with Crippen LogP contribution in [0.3, 0.4) is 0 Å². The minimum absolute atomic E-state index is 0.313. The van der Waals surface area contributed by atoms with Gasteiger partial charge in [0.15, 0.2) is 0 Å². The fourth-order valence-corrected chi connectivity index (χ4v) is 1.55. The van der Waals surface area contributed by atoms with Gasteiger partial charge in [-0.3, -0.25) is 4.98 Å². The van der Waals surface area contributed by atoms with Gasteiger partial charge in [-0.2, -0.15) is 0 Å². The Morgan fingerprint density at radius 2 is 2.11 bits per heavy atom. The van der Waals surface area contributed by atoms with E-state index >= 15 is 0 Å². The number of nitrogens with zero attached hydrogens (tertiary/aromatic N) is 1. The zero-order valence-electron chi connectivity index (χ0n) is 12.1. The molecule has 0 amide bonds. The topological polar surface area (TPSA) is 34.2 Å². The summed E-state index contributed by atoms with van der Waals surface area (Å²) in [5.41, 5.74) is 1.45. The van der Waals surface area contributed by atoms with Gasteiger partial charge in [0.2, 0.25) is 0 Å². The fourth-order valence-electron chi connectivity index (χ4n) is 1.55. The minimum atomic E-state index is 0.313. The molecule has 0 aliphatic heterocycles. The van der Waals surface area contributed by atoms with Gasteiger partial charge in [-0.1, -0.05) is 27.7 Å². The Hall–Kier alpha value is -1.09. The Bertz CT molecular complexity index is 345. The van der Waals surface area contributed by atoms with Crippen molar-refractivity contribution in [2.75, 3.05) is 13.2 Å². The van der Waals surface area contributed by atoms with Crippen LogP contribution in [-0.2, 0) is 6.54 Å². The highest BCUT2D eigenvalue weighted by molar-refractivity contribution is 5.29. The summed E-state index contributed by atoms with van der Waals surface area (Å²) >= 11 is 0. The van der Waals surface area contributed by atoms with Crippen LogP contribution in [0, 0.1) is 5.41 Å². The number of ether oxygens (including phenoxy) is 1. The highest BCUT2D eigenvalue weighted by Crippen LogP contribution is 2.21. The Morgan fingerprint density at radius 1 is 1.33 bits per heavy atom. The fraction of sp³-hybridized carbons (Fsp3) is 0.667. The third-order valence-corrected chi connectivity index (χ3v) is 2.71. The van der Waals surface area contributed by atoms with E-state index in [4.69, 9.17) is 4.74 Å². The van der Waals surface area contributed by atoms with Crippen LogP contribution in [0.1, 0.15) is 46.1 Å². The van der Waals surface area contributed by atoms with Gasteiger partial charge in [-0.15, -0.1) is 0 Å². The summed E-state index contributed by atoms with van der Waals surface area (Å²) in [6, 6.07) is 1.95. The summed E-state index contributed by atoms with van der Waals surface area (Å²) in [6.45, 7) is 11.5. The Labute approximate surface area is 111 Å². The average molecular weight is 250 g/mol. The van der Waals surface area contributed by atoms with Crippen LogP contribution in [0.25, 0.3) is 0 Å². The van der Waals surface area contributed by atoms with Crippen LogP contribution < -0.4 is 10.1 Å². The van der Waals surface area contributed by atoms with Crippen LogP contribution in [0.4, 0.5) is 0 Å². The molecule has 0 radical (unpaired) electrons. The molecule has 18 heavy (non-hydrogen) atoms. The van der Waals surface area contributed by atoms with Crippen molar-refractivity contribution in [1.29, 1.82) is 0 Å². The van der Waals surface area contributed by atoms with Gasteiger partial charge in [-0.25, -0.2) is 0 Å². The molecule has 102 valence electrons. The molecule has 0 saturated heterocycles. The third-order valence-electron chi connectivity index (χ3n) is 2.71. The van der Waals surface area contributed by atoms with Crippen LogP contribution in [-0.4, -0.2) is 18.1 Å². The van der Waals surface area contributed by atoms with Gasteiger partial charge in [-0.05, 0) is 30.9 Å². The van der Waals surface area contributed by atoms with Crippen LogP contribution in [0.5, 0.6) is 5.75 Å². The molecular weight excluding hydrogens is 224 g/mol. The number of aromatic nitrogens is 1. The molecule has 0 aliphatic carbocycles. The molecule has 0 atom stereocenters. The van der Waals surface area contributed by atoms with Crippen molar-refractivity contribution in [3.8, 4) is 5.75 Å². The molecule has 0 aromatic carbocycles. The Morgan fingerprint density at radius 3 is 2.78 bits per heavy atom. The van der Waals surface area contributed by atoms with Crippen molar-refractivity contribution in [2.24, 2.45) is 5.41 Å². The predicted molar refractivity (Wildman–Crippen MR) is 75.8 cm³/mol. The molecule has 0 aliphatic rings. The van der Waals surface area contributed by atoms with E-state index in [1.54, 1.807) is 6.20 Å². The van der Waals surface area contributed by atoms with E-state index in [1.807, 2.05) is 12.3 Å². The highest BCUT2D eigenvalue weighted by Gasteiger charge is 2.11. The zero-order chi connectivity index (χ0) is 13.4. The lowest BCUT2D eigenvalue weighted by molar-refractivity contribution is 0.241. The molecule has 3 nitrogen and oxygen atoms in total. The molecule has 3 heteroatoms. The van der Waals surface area contributed by atoms with E-state index in [2.05, 4.69) is 38.0 Å². The first kappa shape index (κ1) is 15.0. The van der Waals surface area contributed by atoms with Crippen molar-refractivity contribution in [3.63, 3.8) is 0 Å². The lowest BCUT2D eigenvalue weighted by atomic mass is 9.93. The monoisotopic (exact) mass is 250 g/mol. The van der Waals surface area contributed by atoms with E-state index in [9.17, 15) is 0 Å². The van der Waals surface area contributed by atoms with Crippen LogP contribution in [0.2, 0.25) is 0 Å².